The Morgan fingerprint density at radius 2 is 1.86 bits per heavy atom. The van der Waals surface area contributed by atoms with Gasteiger partial charge in [-0.3, -0.25) is 4.79 Å². The number of rotatable bonds is 6. The molecule has 0 aromatic rings. The predicted molar refractivity (Wildman–Crippen MR) is 84.4 cm³/mol. The van der Waals surface area contributed by atoms with Crippen molar-refractivity contribution in [2.75, 3.05) is 13.2 Å². The fraction of sp³-hybridized carbons (Fsp3) is 0.875. The minimum Gasteiger partial charge on any atom is -0.444 e. The molecule has 0 heterocycles. The monoisotopic (exact) mass is 314 g/mol. The number of amides is 2. The van der Waals surface area contributed by atoms with Gasteiger partial charge in [-0.1, -0.05) is 32.1 Å². The van der Waals surface area contributed by atoms with Crippen LogP contribution < -0.4 is 10.6 Å². The second-order valence-corrected chi connectivity index (χ2v) is 6.97. The van der Waals surface area contributed by atoms with Crippen LogP contribution in [0.1, 0.15) is 59.3 Å². The molecule has 1 saturated carbocycles. The van der Waals surface area contributed by atoms with Crippen molar-refractivity contribution in [1.29, 1.82) is 0 Å². The number of alkyl carbamates (subject to hydrolysis) is 1. The first-order valence-electron chi connectivity index (χ1n) is 8.20. The summed E-state index contributed by atoms with van der Waals surface area (Å²) in [6.07, 6.45) is 6.58. The first kappa shape index (κ1) is 18.7. The summed E-state index contributed by atoms with van der Waals surface area (Å²) in [6, 6.07) is -0.971. The molecule has 0 unspecified atom stereocenters. The highest BCUT2D eigenvalue weighted by atomic mass is 16.6. The second-order valence-electron chi connectivity index (χ2n) is 6.97. The molecule has 2 amide bonds. The molecule has 128 valence electrons. The zero-order chi connectivity index (χ0) is 16.6. The van der Waals surface area contributed by atoms with Gasteiger partial charge in [0.15, 0.2) is 0 Å². The Labute approximate surface area is 133 Å². The summed E-state index contributed by atoms with van der Waals surface area (Å²) in [4.78, 5) is 23.6. The van der Waals surface area contributed by atoms with Crippen molar-refractivity contribution < 1.29 is 19.4 Å². The van der Waals surface area contributed by atoms with E-state index in [4.69, 9.17) is 4.74 Å². The normalized spacial score (nSPS) is 17.6. The Morgan fingerprint density at radius 3 is 2.41 bits per heavy atom. The van der Waals surface area contributed by atoms with Crippen molar-refractivity contribution in [1.82, 2.24) is 10.6 Å². The van der Waals surface area contributed by atoms with Gasteiger partial charge in [0.1, 0.15) is 11.6 Å². The summed E-state index contributed by atoms with van der Waals surface area (Å²) in [5.74, 6) is 0.310. The first-order chi connectivity index (χ1) is 10.3. The summed E-state index contributed by atoms with van der Waals surface area (Å²) in [6.45, 7) is 5.35. The molecule has 1 atom stereocenters. The highest BCUT2D eigenvalue weighted by Gasteiger charge is 2.23. The van der Waals surface area contributed by atoms with Crippen molar-refractivity contribution in [2.24, 2.45) is 5.92 Å². The highest BCUT2D eigenvalue weighted by molar-refractivity contribution is 5.85. The summed E-state index contributed by atoms with van der Waals surface area (Å²) in [5, 5.41) is 14.4. The van der Waals surface area contributed by atoms with E-state index >= 15 is 0 Å². The Bertz CT molecular complexity index is 360. The third-order valence-electron chi connectivity index (χ3n) is 3.77. The fourth-order valence-corrected chi connectivity index (χ4v) is 2.64. The number of hydrogen-bond donors (Lipinski definition) is 3. The van der Waals surface area contributed by atoms with Gasteiger partial charge in [-0.2, -0.15) is 0 Å². The lowest BCUT2D eigenvalue weighted by molar-refractivity contribution is -0.124. The van der Waals surface area contributed by atoms with Crippen LogP contribution in [-0.2, 0) is 9.53 Å². The maximum absolute atomic E-state index is 12.0. The predicted octanol–water partition coefficient (Wildman–Crippen LogP) is 1.96. The lowest BCUT2D eigenvalue weighted by atomic mass is 9.87. The average Bonchev–Trinajstić information content (AvgIpc) is 2.44. The van der Waals surface area contributed by atoms with Crippen molar-refractivity contribution in [3.05, 3.63) is 0 Å². The molecular formula is C16H30N2O4. The lowest BCUT2D eigenvalue weighted by Gasteiger charge is -2.23. The smallest absolute Gasteiger partial charge is 0.408 e. The first-order valence-corrected chi connectivity index (χ1v) is 8.20. The van der Waals surface area contributed by atoms with E-state index < -0.39 is 24.3 Å². The Balaban J connectivity index is 2.29. The molecule has 22 heavy (non-hydrogen) atoms. The molecule has 6 heteroatoms. The number of hydrogen-bond acceptors (Lipinski definition) is 4. The van der Waals surface area contributed by atoms with Crippen LogP contribution in [-0.4, -0.2) is 41.9 Å². The summed E-state index contributed by atoms with van der Waals surface area (Å²) < 4.78 is 5.08. The molecule has 0 aromatic carbocycles. The Morgan fingerprint density at radius 1 is 1.23 bits per heavy atom. The molecule has 3 N–H and O–H groups in total. The number of aliphatic hydroxyl groups excluding tert-OH is 1. The summed E-state index contributed by atoms with van der Waals surface area (Å²) >= 11 is 0. The fourth-order valence-electron chi connectivity index (χ4n) is 2.64. The third-order valence-corrected chi connectivity index (χ3v) is 3.77. The molecule has 1 rings (SSSR count). The Hall–Kier alpha value is -1.30. The van der Waals surface area contributed by atoms with Gasteiger partial charge in [0.2, 0.25) is 5.91 Å². The van der Waals surface area contributed by atoms with Crippen LogP contribution in [0.25, 0.3) is 0 Å². The van der Waals surface area contributed by atoms with E-state index in [2.05, 4.69) is 10.6 Å². The second kappa shape index (κ2) is 8.98. The molecule has 1 aliphatic carbocycles. The SMILES string of the molecule is CC(C)(C)OC(=O)N[C@@H](CO)C(=O)NCCC1CCCCC1. The van der Waals surface area contributed by atoms with Crippen LogP contribution in [0, 0.1) is 5.92 Å². The topological polar surface area (TPSA) is 87.7 Å². The standard InChI is InChI=1S/C16H30N2O4/c1-16(2,3)22-15(21)18-13(11-19)14(20)17-10-9-12-7-5-4-6-8-12/h12-13,19H,4-11H2,1-3H3,(H,17,20)(H,18,21)/t13-/m0/s1. The van der Waals surface area contributed by atoms with Crippen LogP contribution in [0.2, 0.25) is 0 Å². The molecule has 0 saturated heterocycles. The minimum atomic E-state index is -0.971. The maximum atomic E-state index is 12.0. The van der Waals surface area contributed by atoms with Crippen LogP contribution in [0.4, 0.5) is 4.79 Å². The molecule has 1 fully saturated rings. The average molecular weight is 314 g/mol. The molecule has 0 aromatic heterocycles. The summed E-state index contributed by atoms with van der Waals surface area (Å²) in [5.41, 5.74) is -0.637. The largest absolute Gasteiger partial charge is 0.444 e. The lowest BCUT2D eigenvalue weighted by Crippen LogP contribution is -2.50. The minimum absolute atomic E-state index is 0.371. The van der Waals surface area contributed by atoms with E-state index in [1.54, 1.807) is 20.8 Å². The van der Waals surface area contributed by atoms with Gasteiger partial charge in [-0.05, 0) is 33.1 Å². The van der Waals surface area contributed by atoms with Crippen LogP contribution >= 0.6 is 0 Å². The Kier molecular flexibility index (Phi) is 7.65. The molecule has 0 aliphatic heterocycles. The number of aliphatic hydroxyl groups is 1. The van der Waals surface area contributed by atoms with Crippen molar-refractivity contribution in [3.8, 4) is 0 Å². The van der Waals surface area contributed by atoms with Crippen molar-refractivity contribution in [3.63, 3.8) is 0 Å². The van der Waals surface area contributed by atoms with Crippen molar-refractivity contribution >= 4 is 12.0 Å². The summed E-state index contributed by atoms with van der Waals surface area (Å²) in [7, 11) is 0. The third kappa shape index (κ3) is 7.64. The zero-order valence-corrected chi connectivity index (χ0v) is 14.0. The molecular weight excluding hydrogens is 284 g/mol. The molecule has 6 nitrogen and oxygen atoms in total. The number of carbonyl (C=O) groups is 2. The van der Waals surface area contributed by atoms with Gasteiger partial charge in [-0.15, -0.1) is 0 Å². The zero-order valence-electron chi connectivity index (χ0n) is 14.0. The van der Waals surface area contributed by atoms with Gasteiger partial charge in [0.25, 0.3) is 0 Å². The van der Waals surface area contributed by atoms with E-state index in [1.165, 1.54) is 32.1 Å². The van der Waals surface area contributed by atoms with Crippen LogP contribution in [0.3, 0.4) is 0 Å². The number of carbonyl (C=O) groups excluding carboxylic acids is 2. The molecule has 0 spiro atoms. The van der Waals surface area contributed by atoms with Crippen LogP contribution in [0.15, 0.2) is 0 Å². The van der Waals surface area contributed by atoms with Gasteiger partial charge >= 0.3 is 6.09 Å². The highest BCUT2D eigenvalue weighted by Crippen LogP contribution is 2.25. The van der Waals surface area contributed by atoms with Gasteiger partial charge in [-0.25, -0.2) is 4.79 Å². The maximum Gasteiger partial charge on any atom is 0.408 e. The van der Waals surface area contributed by atoms with Gasteiger partial charge in [0.05, 0.1) is 6.61 Å². The van der Waals surface area contributed by atoms with Gasteiger partial charge < -0.3 is 20.5 Å². The van der Waals surface area contributed by atoms with E-state index in [-0.39, 0.29) is 5.91 Å². The number of ether oxygens (including phenoxy) is 1. The van der Waals surface area contributed by atoms with Gasteiger partial charge in [0, 0.05) is 6.54 Å². The number of nitrogens with one attached hydrogen (secondary N) is 2. The van der Waals surface area contributed by atoms with Crippen LogP contribution in [0.5, 0.6) is 0 Å². The molecule has 0 radical (unpaired) electrons. The van der Waals surface area contributed by atoms with Crippen molar-refractivity contribution in [2.45, 2.75) is 70.9 Å². The quantitative estimate of drug-likeness (QED) is 0.699. The van der Waals surface area contributed by atoms with E-state index in [0.717, 1.165) is 6.42 Å². The molecule has 0 bridgehead atoms. The van der Waals surface area contributed by atoms with E-state index in [9.17, 15) is 14.7 Å². The van der Waals surface area contributed by atoms with E-state index in [1.807, 2.05) is 0 Å². The van der Waals surface area contributed by atoms with E-state index in [0.29, 0.717) is 12.5 Å². The molecule has 1 aliphatic rings.